The minimum atomic E-state index is -4.36. The summed E-state index contributed by atoms with van der Waals surface area (Å²) in [5.41, 5.74) is 10.0. The monoisotopic (exact) mass is 252 g/mol. The Labute approximate surface area is 98.0 Å². The lowest BCUT2D eigenvalue weighted by Crippen LogP contribution is -2.59. The predicted octanol–water partition coefficient (Wildman–Crippen LogP) is 0.225. The van der Waals surface area contributed by atoms with Crippen LogP contribution in [0.15, 0.2) is 0 Å². The number of hydrazine groups is 1. The Morgan fingerprint density at radius 3 is 2.12 bits per heavy atom. The molecule has 0 spiro atoms. The van der Waals surface area contributed by atoms with Crippen LogP contribution in [0.4, 0.5) is 13.2 Å². The maximum atomic E-state index is 13.4. The summed E-state index contributed by atoms with van der Waals surface area (Å²) in [5.74, 6) is 4.89. The molecule has 0 aromatic carbocycles. The standard InChI is InChI=1S/C10H19F3N4/c1-3-8(10(11,12)13)4-5(17-16)6-7(2,14)9(6,8)15/h5-6,17H,3-4,14-16H2,1-2H3/t5?,6?,7-,8-,9?/m1/s1. The Morgan fingerprint density at radius 2 is 1.88 bits per heavy atom. The average Bonchev–Trinajstić information content (AvgIpc) is 2.55. The Hall–Kier alpha value is -0.370. The molecule has 0 aromatic heterocycles. The van der Waals surface area contributed by atoms with Gasteiger partial charge in [0.2, 0.25) is 0 Å². The van der Waals surface area contributed by atoms with Crippen LogP contribution in [0, 0.1) is 11.3 Å². The molecule has 0 radical (unpaired) electrons. The van der Waals surface area contributed by atoms with Gasteiger partial charge in [-0.3, -0.25) is 11.3 Å². The Kier molecular flexibility index (Phi) is 2.42. The van der Waals surface area contributed by atoms with E-state index in [1.165, 1.54) is 6.92 Å². The van der Waals surface area contributed by atoms with Gasteiger partial charge in [-0.05, 0) is 19.8 Å². The zero-order valence-corrected chi connectivity index (χ0v) is 9.93. The van der Waals surface area contributed by atoms with Gasteiger partial charge in [0.15, 0.2) is 0 Å². The molecule has 5 atom stereocenters. The molecular weight excluding hydrogens is 233 g/mol. The maximum Gasteiger partial charge on any atom is 0.396 e. The molecule has 2 fully saturated rings. The van der Waals surface area contributed by atoms with Gasteiger partial charge < -0.3 is 11.5 Å². The van der Waals surface area contributed by atoms with Crippen LogP contribution in [0.2, 0.25) is 0 Å². The van der Waals surface area contributed by atoms with Crippen molar-refractivity contribution in [2.24, 2.45) is 28.6 Å². The van der Waals surface area contributed by atoms with Crippen LogP contribution in [-0.2, 0) is 0 Å². The fourth-order valence-corrected chi connectivity index (χ4v) is 4.06. The Balaban J connectivity index is 2.50. The summed E-state index contributed by atoms with van der Waals surface area (Å²) >= 11 is 0. The molecule has 0 saturated heterocycles. The van der Waals surface area contributed by atoms with Gasteiger partial charge in [-0.15, -0.1) is 0 Å². The number of fused-ring (bicyclic) bond motifs is 1. The van der Waals surface area contributed by atoms with E-state index >= 15 is 0 Å². The molecular formula is C10H19F3N4. The lowest BCUT2D eigenvalue weighted by molar-refractivity contribution is -0.237. The smallest absolute Gasteiger partial charge is 0.323 e. The molecule has 0 aromatic rings. The van der Waals surface area contributed by atoms with Crippen LogP contribution in [0.1, 0.15) is 26.7 Å². The zero-order chi connectivity index (χ0) is 13.3. The maximum absolute atomic E-state index is 13.4. The Bertz CT molecular complexity index is 343. The highest BCUT2D eigenvalue weighted by molar-refractivity contribution is 5.43. The molecule has 2 saturated carbocycles. The van der Waals surface area contributed by atoms with E-state index < -0.39 is 34.6 Å². The molecule has 0 amide bonds. The number of rotatable bonds is 2. The first-order valence-corrected chi connectivity index (χ1v) is 5.70. The molecule has 0 bridgehead atoms. The number of hydrogen-bond donors (Lipinski definition) is 4. The van der Waals surface area contributed by atoms with E-state index in [9.17, 15) is 13.2 Å². The SMILES string of the molecule is CC[C@@]1(C(F)(F)F)CC(NN)C2C1(N)[C@]2(C)N. The number of nitrogens with one attached hydrogen (secondary N) is 1. The minimum absolute atomic E-state index is 0.0749. The third-order valence-electron chi connectivity index (χ3n) is 5.07. The second-order valence-electron chi connectivity index (χ2n) is 5.54. The van der Waals surface area contributed by atoms with Crippen LogP contribution >= 0.6 is 0 Å². The highest BCUT2D eigenvalue weighted by atomic mass is 19.4. The van der Waals surface area contributed by atoms with Crippen molar-refractivity contribution in [3.8, 4) is 0 Å². The third-order valence-corrected chi connectivity index (χ3v) is 5.07. The molecule has 7 heteroatoms. The molecule has 4 nitrogen and oxygen atoms in total. The predicted molar refractivity (Wildman–Crippen MR) is 57.5 cm³/mol. The molecule has 2 aliphatic rings. The van der Waals surface area contributed by atoms with Crippen LogP contribution in [0.3, 0.4) is 0 Å². The number of hydrogen-bond acceptors (Lipinski definition) is 4. The van der Waals surface area contributed by atoms with Gasteiger partial charge in [-0.25, -0.2) is 0 Å². The summed E-state index contributed by atoms with van der Waals surface area (Å²) in [6.07, 6.45) is -4.54. The van der Waals surface area contributed by atoms with Gasteiger partial charge >= 0.3 is 6.18 Å². The van der Waals surface area contributed by atoms with Crippen LogP contribution < -0.4 is 22.7 Å². The van der Waals surface area contributed by atoms with Crippen LogP contribution in [0.5, 0.6) is 0 Å². The van der Waals surface area contributed by atoms with Gasteiger partial charge in [0, 0.05) is 17.5 Å². The first kappa shape index (κ1) is 13.1. The molecule has 7 N–H and O–H groups in total. The van der Waals surface area contributed by atoms with Crippen molar-refractivity contribution in [2.45, 2.75) is 50.0 Å². The van der Waals surface area contributed by atoms with Crippen molar-refractivity contribution >= 4 is 0 Å². The number of nitrogens with two attached hydrogens (primary N) is 3. The van der Waals surface area contributed by atoms with Crippen molar-refractivity contribution in [1.29, 1.82) is 0 Å². The zero-order valence-electron chi connectivity index (χ0n) is 9.93. The lowest BCUT2D eigenvalue weighted by Gasteiger charge is -2.41. The second kappa shape index (κ2) is 3.14. The van der Waals surface area contributed by atoms with Crippen molar-refractivity contribution in [3.63, 3.8) is 0 Å². The fourth-order valence-electron chi connectivity index (χ4n) is 4.06. The van der Waals surface area contributed by atoms with Gasteiger partial charge in [0.05, 0.1) is 11.0 Å². The highest BCUT2D eigenvalue weighted by Crippen LogP contribution is 2.73. The largest absolute Gasteiger partial charge is 0.396 e. The summed E-state index contributed by atoms with van der Waals surface area (Å²) in [7, 11) is 0. The molecule has 17 heavy (non-hydrogen) atoms. The summed E-state index contributed by atoms with van der Waals surface area (Å²) in [6.45, 7) is 3.09. The first-order chi connectivity index (χ1) is 7.60. The normalized spacial score (nSPS) is 53.6. The van der Waals surface area contributed by atoms with Gasteiger partial charge in [-0.2, -0.15) is 13.2 Å². The molecule has 0 heterocycles. The molecule has 100 valence electrons. The molecule has 2 aliphatic carbocycles. The van der Waals surface area contributed by atoms with Crippen molar-refractivity contribution in [2.75, 3.05) is 0 Å². The summed E-state index contributed by atoms with van der Waals surface area (Å²) < 4.78 is 40.2. The number of halogens is 3. The lowest BCUT2D eigenvalue weighted by atomic mass is 9.72. The van der Waals surface area contributed by atoms with E-state index in [4.69, 9.17) is 17.3 Å². The average molecular weight is 252 g/mol. The summed E-state index contributed by atoms with van der Waals surface area (Å²) in [4.78, 5) is 0. The quantitative estimate of drug-likeness (QED) is 0.418. The number of alkyl halides is 3. The molecule has 3 unspecified atom stereocenters. The van der Waals surface area contributed by atoms with Gasteiger partial charge in [0.1, 0.15) is 0 Å². The van der Waals surface area contributed by atoms with E-state index in [1.807, 2.05) is 0 Å². The van der Waals surface area contributed by atoms with Crippen LogP contribution in [-0.4, -0.2) is 23.3 Å². The summed E-state index contributed by atoms with van der Waals surface area (Å²) in [5, 5.41) is 0. The van der Waals surface area contributed by atoms with E-state index in [2.05, 4.69) is 5.43 Å². The van der Waals surface area contributed by atoms with Gasteiger partial charge in [-0.1, -0.05) is 6.92 Å². The Morgan fingerprint density at radius 1 is 1.35 bits per heavy atom. The molecule has 2 rings (SSSR count). The minimum Gasteiger partial charge on any atom is -0.323 e. The van der Waals surface area contributed by atoms with E-state index in [-0.39, 0.29) is 12.8 Å². The topological polar surface area (TPSA) is 90.1 Å². The van der Waals surface area contributed by atoms with E-state index in [1.54, 1.807) is 6.92 Å². The highest BCUT2D eigenvalue weighted by Gasteiger charge is 2.88. The van der Waals surface area contributed by atoms with Crippen LogP contribution in [0.25, 0.3) is 0 Å². The van der Waals surface area contributed by atoms with Gasteiger partial charge in [0.25, 0.3) is 0 Å². The van der Waals surface area contributed by atoms with E-state index in [0.29, 0.717) is 0 Å². The van der Waals surface area contributed by atoms with Crippen molar-refractivity contribution < 1.29 is 13.2 Å². The fraction of sp³-hybridized carbons (Fsp3) is 1.00. The third kappa shape index (κ3) is 1.13. The molecule has 0 aliphatic heterocycles. The van der Waals surface area contributed by atoms with E-state index in [0.717, 1.165) is 0 Å². The van der Waals surface area contributed by atoms with Crippen molar-refractivity contribution in [3.05, 3.63) is 0 Å². The summed E-state index contributed by atoms with van der Waals surface area (Å²) in [6, 6.07) is -0.475. The van der Waals surface area contributed by atoms with Crippen molar-refractivity contribution in [1.82, 2.24) is 5.43 Å². The second-order valence-corrected chi connectivity index (χ2v) is 5.54. The first-order valence-electron chi connectivity index (χ1n) is 5.70.